The van der Waals surface area contributed by atoms with E-state index in [4.69, 9.17) is 0 Å². The molecule has 0 aromatic heterocycles. The highest BCUT2D eigenvalue weighted by molar-refractivity contribution is 4.82. The lowest BCUT2D eigenvalue weighted by Gasteiger charge is -2.18. The Morgan fingerprint density at radius 2 is 1.75 bits per heavy atom. The molecule has 0 spiro atoms. The topological polar surface area (TPSA) is 3.24 Å². The van der Waals surface area contributed by atoms with Crippen LogP contribution in [0.1, 0.15) is 34.6 Å². The van der Waals surface area contributed by atoms with Crippen LogP contribution in [0.4, 0.5) is 4.39 Å². The molecule has 1 nitrogen and oxygen atoms in total. The maximum Gasteiger partial charge on any atom is 0.116 e. The molecular formula is C10H22FN. The highest BCUT2D eigenvalue weighted by atomic mass is 19.1. The van der Waals surface area contributed by atoms with Crippen LogP contribution in [0.3, 0.4) is 0 Å². The second kappa shape index (κ2) is 5.52. The van der Waals surface area contributed by atoms with Crippen molar-refractivity contribution < 1.29 is 4.39 Å². The van der Waals surface area contributed by atoms with E-state index in [0.29, 0.717) is 12.6 Å². The first kappa shape index (κ1) is 11.9. The lowest BCUT2D eigenvalue weighted by atomic mass is 10.1. The number of hydrogen-bond donors (Lipinski definition) is 0. The smallest absolute Gasteiger partial charge is 0.116 e. The monoisotopic (exact) mass is 175 g/mol. The number of alkyl halides is 1. The van der Waals surface area contributed by atoms with Crippen LogP contribution in [-0.2, 0) is 0 Å². The van der Waals surface area contributed by atoms with Gasteiger partial charge in [-0.3, -0.25) is 4.90 Å². The van der Waals surface area contributed by atoms with Gasteiger partial charge in [0.05, 0.1) is 0 Å². The Hall–Kier alpha value is -0.110. The fraction of sp³-hybridized carbons (Fsp3) is 1.00. The molecule has 1 rings (SSSR count). The van der Waals surface area contributed by atoms with Gasteiger partial charge in [0.15, 0.2) is 0 Å². The molecule has 1 heterocycles. The van der Waals surface area contributed by atoms with Crippen molar-refractivity contribution in [3.63, 3.8) is 0 Å². The van der Waals surface area contributed by atoms with Crippen molar-refractivity contribution in [2.24, 2.45) is 5.92 Å². The summed E-state index contributed by atoms with van der Waals surface area (Å²) in [6.45, 7) is 11.8. The minimum absolute atomic E-state index is 0.238. The van der Waals surface area contributed by atoms with Gasteiger partial charge in [0.1, 0.15) is 6.17 Å². The fourth-order valence-electron chi connectivity index (χ4n) is 1.38. The van der Waals surface area contributed by atoms with Crippen LogP contribution in [0.5, 0.6) is 0 Å². The highest BCUT2D eigenvalue weighted by Crippen LogP contribution is 2.20. The predicted octanol–water partition coefficient (Wildman–Crippen LogP) is 2.71. The second-order valence-corrected chi connectivity index (χ2v) is 3.54. The molecule has 2 atom stereocenters. The minimum Gasteiger partial charge on any atom is -0.298 e. The summed E-state index contributed by atoms with van der Waals surface area (Å²) in [7, 11) is 0. The third kappa shape index (κ3) is 3.10. The van der Waals surface area contributed by atoms with Crippen molar-refractivity contribution in [2.75, 3.05) is 13.1 Å². The highest BCUT2D eigenvalue weighted by Gasteiger charge is 2.30. The normalized spacial score (nSPS) is 30.2. The third-order valence-corrected chi connectivity index (χ3v) is 2.28. The summed E-state index contributed by atoms with van der Waals surface area (Å²) in [5, 5.41) is 0. The second-order valence-electron chi connectivity index (χ2n) is 3.54. The zero-order chi connectivity index (χ0) is 9.72. The molecule has 0 aliphatic carbocycles. The van der Waals surface area contributed by atoms with Gasteiger partial charge >= 0.3 is 0 Å². The first-order valence-electron chi connectivity index (χ1n) is 4.99. The molecule has 2 heteroatoms. The van der Waals surface area contributed by atoms with Crippen LogP contribution in [-0.4, -0.2) is 30.2 Å². The van der Waals surface area contributed by atoms with E-state index in [1.165, 1.54) is 0 Å². The predicted molar refractivity (Wildman–Crippen MR) is 52.1 cm³/mol. The minimum atomic E-state index is -0.595. The molecule has 0 saturated carbocycles. The largest absolute Gasteiger partial charge is 0.298 e. The Bertz CT molecular complexity index is 104. The maximum absolute atomic E-state index is 12.9. The molecule has 0 radical (unpaired) electrons. The SMILES string of the molecule is CC.CC(C)N1C[C@@H](C)[C@@H](F)C1. The number of rotatable bonds is 1. The van der Waals surface area contributed by atoms with Crippen molar-refractivity contribution in [1.29, 1.82) is 0 Å². The molecule has 0 amide bonds. The lowest BCUT2D eigenvalue weighted by Crippen LogP contribution is -2.28. The van der Waals surface area contributed by atoms with Crippen LogP contribution in [0.2, 0.25) is 0 Å². The van der Waals surface area contributed by atoms with Crippen molar-refractivity contribution >= 4 is 0 Å². The quantitative estimate of drug-likeness (QED) is 0.592. The molecule has 1 aliphatic rings. The van der Waals surface area contributed by atoms with E-state index < -0.39 is 6.17 Å². The Kier molecular flexibility index (Phi) is 5.47. The average Bonchev–Trinajstić information content (AvgIpc) is 2.36. The molecule has 0 aromatic rings. The summed E-state index contributed by atoms with van der Waals surface area (Å²) in [6.07, 6.45) is -0.595. The molecule has 0 bridgehead atoms. The van der Waals surface area contributed by atoms with Crippen molar-refractivity contribution in [2.45, 2.75) is 46.8 Å². The Morgan fingerprint density at radius 1 is 1.25 bits per heavy atom. The molecule has 0 aromatic carbocycles. The number of likely N-dealkylation sites (tertiary alicyclic amines) is 1. The summed E-state index contributed by atoms with van der Waals surface area (Å²) in [5.41, 5.74) is 0. The Labute approximate surface area is 75.9 Å². The number of nitrogens with zero attached hydrogens (tertiary/aromatic N) is 1. The van der Waals surface area contributed by atoms with E-state index in [0.717, 1.165) is 6.54 Å². The summed E-state index contributed by atoms with van der Waals surface area (Å²) in [5.74, 6) is 0.238. The van der Waals surface area contributed by atoms with Crippen molar-refractivity contribution in [3.8, 4) is 0 Å². The van der Waals surface area contributed by atoms with E-state index >= 15 is 0 Å². The Morgan fingerprint density at radius 3 is 1.92 bits per heavy atom. The van der Waals surface area contributed by atoms with E-state index in [1.54, 1.807) is 0 Å². The van der Waals surface area contributed by atoms with Crippen LogP contribution in [0, 0.1) is 5.92 Å². The van der Waals surface area contributed by atoms with Gasteiger partial charge in [-0.05, 0) is 13.8 Å². The number of halogens is 1. The van der Waals surface area contributed by atoms with Gasteiger partial charge in [-0.15, -0.1) is 0 Å². The van der Waals surface area contributed by atoms with E-state index in [-0.39, 0.29) is 5.92 Å². The van der Waals surface area contributed by atoms with Gasteiger partial charge in [-0.25, -0.2) is 4.39 Å². The Balaban J connectivity index is 0.000000561. The van der Waals surface area contributed by atoms with Crippen LogP contribution >= 0.6 is 0 Å². The standard InChI is InChI=1S/C8H16FN.C2H6/c1-6(2)10-4-7(3)8(9)5-10;1-2/h6-8H,4-5H2,1-3H3;1-2H3/t7-,8+;/m1./s1. The maximum atomic E-state index is 12.9. The van der Waals surface area contributed by atoms with E-state index in [1.807, 2.05) is 20.8 Å². The molecule has 0 unspecified atom stereocenters. The third-order valence-electron chi connectivity index (χ3n) is 2.28. The molecule has 0 N–H and O–H groups in total. The van der Waals surface area contributed by atoms with Crippen molar-refractivity contribution in [3.05, 3.63) is 0 Å². The van der Waals surface area contributed by atoms with Gasteiger partial charge in [-0.1, -0.05) is 20.8 Å². The summed E-state index contributed by atoms with van der Waals surface area (Å²) >= 11 is 0. The fourth-order valence-corrected chi connectivity index (χ4v) is 1.38. The van der Waals surface area contributed by atoms with Gasteiger partial charge < -0.3 is 0 Å². The summed E-state index contributed by atoms with van der Waals surface area (Å²) < 4.78 is 12.9. The zero-order valence-electron chi connectivity index (χ0n) is 8.97. The van der Waals surface area contributed by atoms with Gasteiger partial charge in [0, 0.05) is 25.0 Å². The van der Waals surface area contributed by atoms with Gasteiger partial charge in [0.2, 0.25) is 0 Å². The van der Waals surface area contributed by atoms with Crippen LogP contribution < -0.4 is 0 Å². The summed E-state index contributed by atoms with van der Waals surface area (Å²) in [6, 6.07) is 0.503. The van der Waals surface area contributed by atoms with Gasteiger partial charge in [-0.2, -0.15) is 0 Å². The molecular weight excluding hydrogens is 153 g/mol. The van der Waals surface area contributed by atoms with Gasteiger partial charge in [0.25, 0.3) is 0 Å². The molecule has 1 aliphatic heterocycles. The zero-order valence-corrected chi connectivity index (χ0v) is 8.97. The summed E-state index contributed by atoms with van der Waals surface area (Å²) in [4.78, 5) is 2.19. The average molecular weight is 175 g/mol. The van der Waals surface area contributed by atoms with E-state index in [2.05, 4.69) is 18.7 Å². The molecule has 12 heavy (non-hydrogen) atoms. The van der Waals surface area contributed by atoms with E-state index in [9.17, 15) is 4.39 Å². The van der Waals surface area contributed by atoms with Crippen molar-refractivity contribution in [1.82, 2.24) is 4.90 Å². The van der Waals surface area contributed by atoms with Crippen LogP contribution in [0.25, 0.3) is 0 Å². The first-order valence-corrected chi connectivity index (χ1v) is 4.99. The molecule has 1 fully saturated rings. The molecule has 74 valence electrons. The molecule has 1 saturated heterocycles. The number of hydrogen-bond acceptors (Lipinski definition) is 1. The van der Waals surface area contributed by atoms with Crippen LogP contribution in [0.15, 0.2) is 0 Å². The lowest BCUT2D eigenvalue weighted by molar-refractivity contribution is 0.245. The first-order chi connectivity index (χ1) is 5.61.